The molecule has 0 saturated heterocycles. The van der Waals surface area contributed by atoms with Crippen LogP contribution in [-0.2, 0) is 13.0 Å². The van der Waals surface area contributed by atoms with Crippen molar-refractivity contribution >= 4 is 5.91 Å². The molecule has 1 saturated carbocycles. The summed E-state index contributed by atoms with van der Waals surface area (Å²) in [5.41, 5.74) is 5.31. The number of rotatable bonds is 5. The number of fused-ring (bicyclic) bond motifs is 1. The number of hydrogen-bond donors (Lipinski definition) is 1. The molecule has 2 aliphatic rings. The van der Waals surface area contributed by atoms with E-state index in [1.807, 2.05) is 29.3 Å². The Bertz CT molecular complexity index is 1120. The molecule has 152 valence electrons. The van der Waals surface area contributed by atoms with E-state index in [4.69, 9.17) is 10.4 Å². The van der Waals surface area contributed by atoms with Gasteiger partial charge in [0.2, 0.25) is 0 Å². The molecule has 3 heterocycles. The minimum atomic E-state index is -0.0540. The lowest BCUT2D eigenvalue weighted by molar-refractivity contribution is 0.0922. The zero-order chi connectivity index (χ0) is 20.8. The van der Waals surface area contributed by atoms with Gasteiger partial charge in [0.25, 0.3) is 5.91 Å². The molecule has 7 heteroatoms. The molecule has 30 heavy (non-hydrogen) atoms. The third kappa shape index (κ3) is 3.18. The molecule has 1 N–H and O–H groups in total. The van der Waals surface area contributed by atoms with E-state index in [9.17, 15) is 4.79 Å². The number of aromatic nitrogens is 4. The minimum Gasteiger partial charge on any atom is -0.346 e. The highest BCUT2D eigenvalue weighted by Crippen LogP contribution is 2.46. The summed E-state index contributed by atoms with van der Waals surface area (Å²) in [7, 11) is 0. The second-order valence-corrected chi connectivity index (χ2v) is 8.52. The third-order valence-corrected chi connectivity index (χ3v) is 5.93. The number of benzene rings is 1. The first-order chi connectivity index (χ1) is 14.5. The van der Waals surface area contributed by atoms with Gasteiger partial charge in [-0.2, -0.15) is 10.4 Å². The number of carbonyl (C=O) groups is 1. The lowest BCUT2D eigenvalue weighted by atomic mass is 10.0. The molecule has 1 atom stereocenters. The van der Waals surface area contributed by atoms with Gasteiger partial charge in [0.1, 0.15) is 5.69 Å². The number of hydrogen-bond acceptors (Lipinski definition) is 4. The highest BCUT2D eigenvalue weighted by Gasteiger charge is 2.37. The average Bonchev–Trinajstić information content (AvgIpc) is 3.17. The molecule has 0 bridgehead atoms. The smallest absolute Gasteiger partial charge is 0.270 e. The molecule has 1 amide bonds. The largest absolute Gasteiger partial charge is 0.346 e. The van der Waals surface area contributed by atoms with Crippen LogP contribution in [0.4, 0.5) is 0 Å². The van der Waals surface area contributed by atoms with Gasteiger partial charge in [0.15, 0.2) is 0 Å². The van der Waals surface area contributed by atoms with E-state index < -0.39 is 0 Å². The molecule has 2 aromatic heterocycles. The Morgan fingerprint density at radius 1 is 1.27 bits per heavy atom. The van der Waals surface area contributed by atoms with Gasteiger partial charge in [-0.1, -0.05) is 12.1 Å². The summed E-state index contributed by atoms with van der Waals surface area (Å²) < 4.78 is 3.96. The molecule has 1 unspecified atom stereocenters. The van der Waals surface area contributed by atoms with Crippen molar-refractivity contribution in [3.8, 4) is 17.3 Å². The van der Waals surface area contributed by atoms with E-state index in [1.54, 1.807) is 12.1 Å². The standard InChI is InChI=1S/C23H24N6O/c1-14(2)29-22(23(30)26-18-9-19-11-25-13-28(19)12-18)20(16-7-8-16)21(27-29)17-5-3-15(10-24)4-6-17/h3-6,11,13-14,16,18H,7-9,12H2,1-2H3,(H,26,30). The molecule has 0 spiro atoms. The topological polar surface area (TPSA) is 88.5 Å². The predicted octanol–water partition coefficient (Wildman–Crippen LogP) is 3.43. The fraction of sp³-hybridized carbons (Fsp3) is 0.391. The maximum atomic E-state index is 13.5. The van der Waals surface area contributed by atoms with E-state index in [0.717, 1.165) is 48.3 Å². The fourth-order valence-electron chi connectivity index (χ4n) is 4.31. The molecular weight excluding hydrogens is 376 g/mol. The van der Waals surface area contributed by atoms with Gasteiger partial charge >= 0.3 is 0 Å². The summed E-state index contributed by atoms with van der Waals surface area (Å²) in [6.45, 7) is 4.85. The second-order valence-electron chi connectivity index (χ2n) is 8.52. The SMILES string of the molecule is CC(C)n1nc(-c2ccc(C#N)cc2)c(C2CC2)c1C(=O)NC1Cc2cncn2C1. The highest BCUT2D eigenvalue weighted by molar-refractivity contribution is 5.96. The van der Waals surface area contributed by atoms with Crippen LogP contribution in [0.25, 0.3) is 11.3 Å². The van der Waals surface area contributed by atoms with Crippen molar-refractivity contribution in [2.45, 2.75) is 57.7 Å². The molecule has 1 aliphatic heterocycles. The van der Waals surface area contributed by atoms with E-state index in [1.165, 1.54) is 0 Å². The van der Waals surface area contributed by atoms with Gasteiger partial charge in [-0.05, 0) is 44.7 Å². The number of nitriles is 1. The Balaban J connectivity index is 1.51. The van der Waals surface area contributed by atoms with Crippen molar-refractivity contribution in [3.63, 3.8) is 0 Å². The quantitative estimate of drug-likeness (QED) is 0.711. The van der Waals surface area contributed by atoms with Crippen molar-refractivity contribution in [2.75, 3.05) is 0 Å². The number of amides is 1. The lowest BCUT2D eigenvalue weighted by Gasteiger charge is -2.16. The van der Waals surface area contributed by atoms with Gasteiger partial charge in [-0.3, -0.25) is 9.48 Å². The molecule has 1 aromatic carbocycles. The Kier molecular flexibility index (Phi) is 4.43. The molecule has 5 rings (SSSR count). The molecular formula is C23H24N6O. The van der Waals surface area contributed by atoms with Gasteiger partial charge in [-0.15, -0.1) is 0 Å². The first kappa shape index (κ1) is 18.6. The number of nitrogens with one attached hydrogen (secondary N) is 1. The monoisotopic (exact) mass is 400 g/mol. The van der Waals surface area contributed by atoms with Gasteiger partial charge in [-0.25, -0.2) is 4.98 Å². The van der Waals surface area contributed by atoms with Crippen LogP contribution in [-0.4, -0.2) is 31.3 Å². The van der Waals surface area contributed by atoms with Crippen molar-refractivity contribution in [1.29, 1.82) is 5.26 Å². The Hall–Kier alpha value is -3.40. The summed E-state index contributed by atoms with van der Waals surface area (Å²) >= 11 is 0. The lowest BCUT2D eigenvalue weighted by Crippen LogP contribution is -2.37. The van der Waals surface area contributed by atoms with Crippen LogP contribution in [0, 0.1) is 11.3 Å². The Morgan fingerprint density at radius 3 is 2.67 bits per heavy atom. The van der Waals surface area contributed by atoms with Crippen LogP contribution in [0.1, 0.15) is 66.0 Å². The van der Waals surface area contributed by atoms with Crippen LogP contribution in [0.2, 0.25) is 0 Å². The van der Waals surface area contributed by atoms with E-state index >= 15 is 0 Å². The summed E-state index contributed by atoms with van der Waals surface area (Å²) in [6.07, 6.45) is 6.63. The summed E-state index contributed by atoms with van der Waals surface area (Å²) in [5.74, 6) is 0.312. The normalized spacial score (nSPS) is 17.7. The first-order valence-electron chi connectivity index (χ1n) is 10.5. The van der Waals surface area contributed by atoms with Crippen molar-refractivity contribution in [3.05, 3.63) is 59.3 Å². The van der Waals surface area contributed by atoms with Crippen LogP contribution in [0.5, 0.6) is 0 Å². The first-order valence-corrected chi connectivity index (χ1v) is 10.5. The van der Waals surface area contributed by atoms with Crippen molar-refractivity contribution in [2.24, 2.45) is 0 Å². The third-order valence-electron chi connectivity index (χ3n) is 5.93. The number of imidazole rings is 1. The van der Waals surface area contributed by atoms with Crippen molar-refractivity contribution in [1.82, 2.24) is 24.6 Å². The molecule has 1 aliphatic carbocycles. The number of carbonyl (C=O) groups excluding carboxylic acids is 1. The molecule has 7 nitrogen and oxygen atoms in total. The fourth-order valence-corrected chi connectivity index (χ4v) is 4.31. The Labute approximate surface area is 175 Å². The minimum absolute atomic E-state index is 0.0540. The predicted molar refractivity (Wildman–Crippen MR) is 112 cm³/mol. The maximum absolute atomic E-state index is 13.5. The van der Waals surface area contributed by atoms with E-state index in [0.29, 0.717) is 17.2 Å². The summed E-state index contributed by atoms with van der Waals surface area (Å²) in [6, 6.07) is 9.76. The second kappa shape index (κ2) is 7.13. The Morgan fingerprint density at radius 2 is 2.03 bits per heavy atom. The van der Waals surface area contributed by atoms with E-state index in [2.05, 4.69) is 34.8 Å². The van der Waals surface area contributed by atoms with Crippen LogP contribution in [0.15, 0.2) is 36.8 Å². The van der Waals surface area contributed by atoms with Gasteiger partial charge in [0, 0.05) is 42.0 Å². The molecule has 0 radical (unpaired) electrons. The van der Waals surface area contributed by atoms with E-state index in [-0.39, 0.29) is 18.0 Å². The van der Waals surface area contributed by atoms with Crippen LogP contribution in [0.3, 0.4) is 0 Å². The zero-order valence-corrected chi connectivity index (χ0v) is 17.2. The molecule has 3 aromatic rings. The average molecular weight is 400 g/mol. The zero-order valence-electron chi connectivity index (χ0n) is 17.2. The van der Waals surface area contributed by atoms with Crippen LogP contribution >= 0.6 is 0 Å². The van der Waals surface area contributed by atoms with Crippen LogP contribution < -0.4 is 5.32 Å². The summed E-state index contributed by atoms with van der Waals surface area (Å²) in [5, 5.41) is 17.2. The van der Waals surface area contributed by atoms with Gasteiger partial charge in [0.05, 0.1) is 29.7 Å². The maximum Gasteiger partial charge on any atom is 0.270 e. The molecule has 1 fully saturated rings. The summed E-state index contributed by atoms with van der Waals surface area (Å²) in [4.78, 5) is 17.6. The number of nitrogens with zero attached hydrogens (tertiary/aromatic N) is 5. The highest BCUT2D eigenvalue weighted by atomic mass is 16.2. The van der Waals surface area contributed by atoms with Crippen molar-refractivity contribution < 1.29 is 4.79 Å². The van der Waals surface area contributed by atoms with Gasteiger partial charge < -0.3 is 9.88 Å².